The quantitative estimate of drug-likeness (QED) is 0.607. The van der Waals surface area contributed by atoms with Crippen LogP contribution in [-0.2, 0) is 27.3 Å². The fraction of sp³-hybridized carbons (Fsp3) is 0.263. The molecule has 4 nitrogen and oxygen atoms in total. The maximum Gasteiger partial charge on any atom is 0.328 e. The summed E-state index contributed by atoms with van der Waals surface area (Å²) in [6.07, 6.45) is 0.393. The summed E-state index contributed by atoms with van der Waals surface area (Å²) in [6, 6.07) is 10.4. The number of benzene rings is 2. The predicted octanol–water partition coefficient (Wildman–Crippen LogP) is 3.18. The number of fused-ring (bicyclic) bond motifs is 1. The van der Waals surface area contributed by atoms with Crippen LogP contribution < -0.4 is 0 Å². The first kappa shape index (κ1) is 18.4. The SMILES string of the molecule is COC(=O)[C@H]1Cc2ccccc2CN1C(=O)CSc1ccc(F)c(F)c1. The van der Waals surface area contributed by atoms with E-state index in [2.05, 4.69) is 0 Å². The summed E-state index contributed by atoms with van der Waals surface area (Å²) < 4.78 is 31.1. The van der Waals surface area contributed by atoms with Crippen LogP contribution in [0.2, 0.25) is 0 Å². The molecule has 0 aromatic heterocycles. The molecule has 136 valence electrons. The second-order valence-electron chi connectivity index (χ2n) is 5.90. The first-order chi connectivity index (χ1) is 12.5. The number of carbonyl (C=O) groups excluding carboxylic acids is 2. The number of ether oxygens (including phenoxy) is 1. The van der Waals surface area contributed by atoms with Gasteiger partial charge >= 0.3 is 5.97 Å². The van der Waals surface area contributed by atoms with Crippen molar-refractivity contribution in [3.63, 3.8) is 0 Å². The van der Waals surface area contributed by atoms with Gasteiger partial charge in [-0.1, -0.05) is 24.3 Å². The monoisotopic (exact) mass is 377 g/mol. The molecule has 0 saturated heterocycles. The van der Waals surface area contributed by atoms with Gasteiger partial charge in [-0.15, -0.1) is 11.8 Å². The zero-order chi connectivity index (χ0) is 18.7. The van der Waals surface area contributed by atoms with Crippen molar-refractivity contribution < 1.29 is 23.1 Å². The third kappa shape index (κ3) is 3.88. The molecule has 2 aromatic carbocycles. The second kappa shape index (κ2) is 7.86. The van der Waals surface area contributed by atoms with Crippen LogP contribution in [0, 0.1) is 11.6 Å². The highest BCUT2D eigenvalue weighted by atomic mass is 32.2. The smallest absolute Gasteiger partial charge is 0.328 e. The molecule has 1 amide bonds. The highest BCUT2D eigenvalue weighted by molar-refractivity contribution is 8.00. The van der Waals surface area contributed by atoms with Crippen molar-refractivity contribution in [2.75, 3.05) is 12.9 Å². The number of rotatable bonds is 4. The number of halogens is 2. The van der Waals surface area contributed by atoms with Gasteiger partial charge < -0.3 is 9.64 Å². The molecule has 1 heterocycles. The zero-order valence-electron chi connectivity index (χ0n) is 14.1. The van der Waals surface area contributed by atoms with Crippen molar-refractivity contribution in [1.29, 1.82) is 0 Å². The Labute approximate surface area is 154 Å². The van der Waals surface area contributed by atoms with Crippen molar-refractivity contribution in [2.45, 2.75) is 23.9 Å². The van der Waals surface area contributed by atoms with Crippen LogP contribution in [-0.4, -0.2) is 35.7 Å². The Hall–Kier alpha value is -2.41. The fourth-order valence-corrected chi connectivity index (χ4v) is 3.73. The van der Waals surface area contributed by atoms with Crippen LogP contribution in [0.15, 0.2) is 47.4 Å². The van der Waals surface area contributed by atoms with Crippen LogP contribution >= 0.6 is 11.8 Å². The zero-order valence-corrected chi connectivity index (χ0v) is 14.9. The first-order valence-electron chi connectivity index (χ1n) is 8.01. The maximum absolute atomic E-state index is 13.3. The van der Waals surface area contributed by atoms with E-state index in [1.165, 1.54) is 18.1 Å². The summed E-state index contributed by atoms with van der Waals surface area (Å²) in [5, 5.41) is 0. The van der Waals surface area contributed by atoms with Crippen molar-refractivity contribution in [3.05, 3.63) is 65.2 Å². The number of esters is 1. The van der Waals surface area contributed by atoms with E-state index in [1.54, 1.807) is 0 Å². The lowest BCUT2D eigenvalue weighted by Crippen LogP contribution is -2.49. The summed E-state index contributed by atoms with van der Waals surface area (Å²) in [4.78, 5) is 26.8. The average molecular weight is 377 g/mol. The Bertz CT molecular complexity index is 843. The molecular weight excluding hydrogens is 360 g/mol. The Morgan fingerprint density at radius 1 is 1.15 bits per heavy atom. The van der Waals surface area contributed by atoms with Gasteiger partial charge in [0.25, 0.3) is 0 Å². The minimum Gasteiger partial charge on any atom is -0.467 e. The standard InChI is InChI=1S/C19H17F2NO3S/c1-25-19(24)17-8-12-4-2-3-5-13(12)10-22(17)18(23)11-26-14-6-7-15(20)16(21)9-14/h2-7,9,17H,8,10-11H2,1H3/t17-/m1/s1. The molecule has 0 saturated carbocycles. The molecule has 3 rings (SSSR count). The number of hydrogen-bond acceptors (Lipinski definition) is 4. The van der Waals surface area contributed by atoms with Crippen LogP contribution in [0.3, 0.4) is 0 Å². The largest absolute Gasteiger partial charge is 0.467 e. The summed E-state index contributed by atoms with van der Waals surface area (Å²) in [6.45, 7) is 0.313. The molecule has 26 heavy (non-hydrogen) atoms. The van der Waals surface area contributed by atoms with Gasteiger partial charge in [-0.05, 0) is 29.3 Å². The Morgan fingerprint density at radius 2 is 1.88 bits per heavy atom. The molecule has 0 bridgehead atoms. The molecule has 7 heteroatoms. The summed E-state index contributed by atoms with van der Waals surface area (Å²) in [7, 11) is 1.29. The molecule has 2 aromatic rings. The normalized spacial score (nSPS) is 16.1. The molecular formula is C19H17F2NO3S. The van der Waals surface area contributed by atoms with Crippen LogP contribution in [0.4, 0.5) is 8.78 Å². The van der Waals surface area contributed by atoms with Crippen molar-refractivity contribution in [1.82, 2.24) is 4.90 Å². The molecule has 0 unspecified atom stereocenters. The average Bonchev–Trinajstić information content (AvgIpc) is 2.67. The molecule has 0 radical (unpaired) electrons. The van der Waals surface area contributed by atoms with E-state index in [-0.39, 0.29) is 11.7 Å². The number of methoxy groups -OCH3 is 1. The lowest BCUT2D eigenvalue weighted by Gasteiger charge is -2.35. The van der Waals surface area contributed by atoms with Crippen molar-refractivity contribution in [2.24, 2.45) is 0 Å². The van der Waals surface area contributed by atoms with Crippen molar-refractivity contribution in [3.8, 4) is 0 Å². The van der Waals surface area contributed by atoms with E-state index in [1.807, 2.05) is 24.3 Å². The van der Waals surface area contributed by atoms with Gasteiger partial charge in [0.1, 0.15) is 6.04 Å². The molecule has 1 aliphatic rings. The lowest BCUT2D eigenvalue weighted by atomic mass is 9.94. The number of hydrogen-bond donors (Lipinski definition) is 0. The van der Waals surface area contributed by atoms with E-state index in [4.69, 9.17) is 4.74 Å². The minimum atomic E-state index is -0.957. The molecule has 1 aliphatic heterocycles. The van der Waals surface area contributed by atoms with E-state index >= 15 is 0 Å². The third-order valence-electron chi connectivity index (χ3n) is 4.30. The molecule has 1 atom stereocenters. The van der Waals surface area contributed by atoms with Crippen LogP contribution in [0.25, 0.3) is 0 Å². The van der Waals surface area contributed by atoms with Gasteiger partial charge in [0.15, 0.2) is 11.6 Å². The summed E-state index contributed by atoms with van der Waals surface area (Å²) in [5.74, 6) is -2.60. The topological polar surface area (TPSA) is 46.6 Å². The number of thioether (sulfide) groups is 1. The number of nitrogens with zero attached hydrogens (tertiary/aromatic N) is 1. The lowest BCUT2D eigenvalue weighted by molar-refractivity contribution is -0.153. The van der Waals surface area contributed by atoms with Gasteiger partial charge in [0.05, 0.1) is 12.9 Å². The van der Waals surface area contributed by atoms with E-state index in [9.17, 15) is 18.4 Å². The Morgan fingerprint density at radius 3 is 2.58 bits per heavy atom. The van der Waals surface area contributed by atoms with Gasteiger partial charge in [0.2, 0.25) is 5.91 Å². The molecule has 0 spiro atoms. The maximum atomic E-state index is 13.3. The summed E-state index contributed by atoms with van der Waals surface area (Å²) >= 11 is 1.10. The van der Waals surface area contributed by atoms with E-state index < -0.39 is 23.6 Å². The highest BCUT2D eigenvalue weighted by Crippen LogP contribution is 2.26. The van der Waals surface area contributed by atoms with Gasteiger partial charge in [-0.3, -0.25) is 4.79 Å². The minimum absolute atomic E-state index is 0.0146. The van der Waals surface area contributed by atoms with Gasteiger partial charge in [0, 0.05) is 17.9 Å². The Balaban J connectivity index is 1.75. The predicted molar refractivity (Wildman–Crippen MR) is 93.6 cm³/mol. The molecule has 0 aliphatic carbocycles. The van der Waals surface area contributed by atoms with E-state index in [0.717, 1.165) is 35.0 Å². The summed E-state index contributed by atoms with van der Waals surface area (Å²) in [5.41, 5.74) is 2.00. The van der Waals surface area contributed by atoms with Crippen LogP contribution in [0.5, 0.6) is 0 Å². The number of amides is 1. The highest BCUT2D eigenvalue weighted by Gasteiger charge is 2.35. The second-order valence-corrected chi connectivity index (χ2v) is 6.95. The molecule has 0 fully saturated rings. The fourth-order valence-electron chi connectivity index (χ4n) is 2.93. The Kier molecular flexibility index (Phi) is 5.56. The van der Waals surface area contributed by atoms with Crippen LogP contribution in [0.1, 0.15) is 11.1 Å². The van der Waals surface area contributed by atoms with E-state index in [0.29, 0.717) is 17.9 Å². The number of carbonyl (C=O) groups is 2. The third-order valence-corrected chi connectivity index (χ3v) is 5.27. The first-order valence-corrected chi connectivity index (χ1v) is 9.00. The van der Waals surface area contributed by atoms with Gasteiger partial charge in [-0.25, -0.2) is 13.6 Å². The molecule has 0 N–H and O–H groups in total. The van der Waals surface area contributed by atoms with Crippen molar-refractivity contribution >= 4 is 23.6 Å². The van der Waals surface area contributed by atoms with Gasteiger partial charge in [-0.2, -0.15) is 0 Å².